The summed E-state index contributed by atoms with van der Waals surface area (Å²) in [6.45, 7) is 3.04. The highest BCUT2D eigenvalue weighted by atomic mass is 32.1. The molecule has 1 aliphatic rings. The lowest BCUT2D eigenvalue weighted by Crippen LogP contribution is -2.29. The van der Waals surface area contributed by atoms with Crippen molar-refractivity contribution in [2.75, 3.05) is 44.9 Å². The van der Waals surface area contributed by atoms with E-state index in [1.54, 1.807) is 21.2 Å². The number of nitrogens with two attached hydrogens (primary N) is 1. The number of carbonyl (C=O) groups excluding carboxylic acids is 1. The van der Waals surface area contributed by atoms with E-state index < -0.39 is 5.60 Å². The number of amides is 1. The summed E-state index contributed by atoms with van der Waals surface area (Å²) < 4.78 is 5.36. The van der Waals surface area contributed by atoms with E-state index in [0.29, 0.717) is 29.3 Å². The maximum Gasteiger partial charge on any atom is 0.265 e. The number of hydrogen-bond donors (Lipinski definition) is 2. The zero-order chi connectivity index (χ0) is 15.1. The SMILES string of the molecule is COc1c(N2CCC(C)(O)C2)sc(C(=O)N(C)C)c1N. The molecular formula is C13H21N3O3S. The summed E-state index contributed by atoms with van der Waals surface area (Å²) in [6.07, 6.45) is 0.685. The fourth-order valence-corrected chi connectivity index (χ4v) is 3.54. The van der Waals surface area contributed by atoms with E-state index >= 15 is 0 Å². The molecule has 20 heavy (non-hydrogen) atoms. The van der Waals surface area contributed by atoms with Crippen LogP contribution in [0.2, 0.25) is 0 Å². The smallest absolute Gasteiger partial charge is 0.265 e. The van der Waals surface area contributed by atoms with Crippen molar-refractivity contribution in [2.24, 2.45) is 0 Å². The Morgan fingerprint density at radius 1 is 1.55 bits per heavy atom. The number of thiophene rings is 1. The minimum atomic E-state index is -0.713. The Morgan fingerprint density at radius 2 is 2.20 bits per heavy atom. The molecule has 1 aromatic heterocycles. The number of nitrogens with zero attached hydrogens (tertiary/aromatic N) is 2. The lowest BCUT2D eigenvalue weighted by molar-refractivity contribution is 0.0829. The van der Waals surface area contributed by atoms with Crippen LogP contribution in [-0.2, 0) is 0 Å². The van der Waals surface area contributed by atoms with E-state index in [4.69, 9.17) is 10.5 Å². The van der Waals surface area contributed by atoms with Crippen molar-refractivity contribution in [3.63, 3.8) is 0 Å². The van der Waals surface area contributed by atoms with E-state index in [9.17, 15) is 9.90 Å². The summed E-state index contributed by atoms with van der Waals surface area (Å²) in [5, 5.41) is 10.9. The van der Waals surface area contributed by atoms with Gasteiger partial charge in [0.05, 0.1) is 12.7 Å². The molecule has 0 aliphatic carbocycles. The van der Waals surface area contributed by atoms with Crippen LogP contribution in [-0.4, -0.2) is 55.8 Å². The van der Waals surface area contributed by atoms with Crippen LogP contribution in [0.25, 0.3) is 0 Å². The van der Waals surface area contributed by atoms with Gasteiger partial charge in [-0.2, -0.15) is 0 Å². The predicted molar refractivity (Wildman–Crippen MR) is 80.8 cm³/mol. The van der Waals surface area contributed by atoms with E-state index in [-0.39, 0.29) is 5.91 Å². The van der Waals surface area contributed by atoms with Gasteiger partial charge in [-0.15, -0.1) is 11.3 Å². The van der Waals surface area contributed by atoms with Crippen LogP contribution in [0.15, 0.2) is 0 Å². The quantitative estimate of drug-likeness (QED) is 0.870. The molecule has 3 N–H and O–H groups in total. The predicted octanol–water partition coefficient (Wildman–Crippen LogP) is 1.00. The summed E-state index contributed by atoms with van der Waals surface area (Å²) in [6, 6.07) is 0. The standard InChI is InChI=1S/C13H21N3O3S/c1-13(18)5-6-16(7-13)12-9(19-4)8(14)10(20-12)11(17)15(2)3/h18H,5-7,14H2,1-4H3. The second-order valence-electron chi connectivity index (χ2n) is 5.55. The molecule has 1 aliphatic heterocycles. The highest BCUT2D eigenvalue weighted by Gasteiger charge is 2.35. The molecule has 2 rings (SSSR count). The van der Waals surface area contributed by atoms with Crippen LogP contribution >= 0.6 is 11.3 Å². The summed E-state index contributed by atoms with van der Waals surface area (Å²) in [7, 11) is 4.92. The third-order valence-electron chi connectivity index (χ3n) is 3.43. The van der Waals surface area contributed by atoms with Crippen molar-refractivity contribution < 1.29 is 14.6 Å². The number of carbonyl (C=O) groups is 1. The minimum absolute atomic E-state index is 0.136. The van der Waals surface area contributed by atoms with Crippen molar-refractivity contribution in [2.45, 2.75) is 18.9 Å². The molecule has 1 fully saturated rings. The van der Waals surface area contributed by atoms with E-state index in [1.165, 1.54) is 16.2 Å². The van der Waals surface area contributed by atoms with Gasteiger partial charge in [0.2, 0.25) is 0 Å². The third kappa shape index (κ3) is 2.55. The zero-order valence-corrected chi connectivity index (χ0v) is 13.1. The molecule has 0 radical (unpaired) electrons. The summed E-state index contributed by atoms with van der Waals surface area (Å²) in [4.78, 5) is 16.1. The van der Waals surface area contributed by atoms with Crippen molar-refractivity contribution in [3.05, 3.63) is 4.88 Å². The number of anilines is 2. The summed E-state index contributed by atoms with van der Waals surface area (Å²) in [5.41, 5.74) is 5.70. The minimum Gasteiger partial charge on any atom is -0.492 e. The first-order chi connectivity index (χ1) is 9.26. The molecule has 0 aromatic carbocycles. The van der Waals surface area contributed by atoms with Gasteiger partial charge in [-0.25, -0.2) is 0 Å². The topological polar surface area (TPSA) is 79.0 Å². The molecule has 112 valence electrons. The molecule has 1 atom stereocenters. The van der Waals surface area contributed by atoms with Crippen molar-refractivity contribution in [1.82, 2.24) is 4.90 Å². The van der Waals surface area contributed by atoms with E-state index in [2.05, 4.69) is 0 Å². The molecular weight excluding hydrogens is 278 g/mol. The average molecular weight is 299 g/mol. The first kappa shape index (κ1) is 14.9. The van der Waals surface area contributed by atoms with E-state index in [1.807, 2.05) is 11.8 Å². The van der Waals surface area contributed by atoms with Gasteiger partial charge in [0.25, 0.3) is 5.91 Å². The van der Waals surface area contributed by atoms with Gasteiger partial charge in [0, 0.05) is 27.2 Å². The van der Waals surface area contributed by atoms with Gasteiger partial charge in [-0.1, -0.05) is 0 Å². The summed E-state index contributed by atoms with van der Waals surface area (Å²) in [5.74, 6) is 0.390. The Balaban J connectivity index is 2.39. The van der Waals surface area contributed by atoms with Crippen LogP contribution in [0.4, 0.5) is 10.7 Å². The monoisotopic (exact) mass is 299 g/mol. The Morgan fingerprint density at radius 3 is 2.65 bits per heavy atom. The maximum absolute atomic E-state index is 12.1. The molecule has 0 saturated carbocycles. The number of ether oxygens (including phenoxy) is 1. The molecule has 1 amide bonds. The highest BCUT2D eigenvalue weighted by molar-refractivity contribution is 7.19. The second kappa shape index (κ2) is 5.14. The molecule has 2 heterocycles. The summed E-state index contributed by atoms with van der Waals surface area (Å²) >= 11 is 1.32. The van der Waals surface area contributed by atoms with Crippen molar-refractivity contribution in [1.29, 1.82) is 0 Å². The van der Waals surface area contributed by atoms with Gasteiger partial charge < -0.3 is 25.4 Å². The first-order valence-corrected chi connectivity index (χ1v) is 7.23. The zero-order valence-electron chi connectivity index (χ0n) is 12.3. The van der Waals surface area contributed by atoms with Gasteiger partial charge in [0.15, 0.2) is 5.75 Å². The number of hydrogen-bond acceptors (Lipinski definition) is 6. The Labute approximate surface area is 122 Å². The average Bonchev–Trinajstić information content (AvgIpc) is 2.88. The molecule has 7 heteroatoms. The fraction of sp³-hybridized carbons (Fsp3) is 0.615. The van der Waals surface area contributed by atoms with Crippen LogP contribution < -0.4 is 15.4 Å². The van der Waals surface area contributed by atoms with Crippen LogP contribution in [0.1, 0.15) is 23.0 Å². The van der Waals surface area contributed by atoms with Crippen molar-refractivity contribution in [3.8, 4) is 5.75 Å². The molecule has 0 spiro atoms. The van der Waals surface area contributed by atoms with Crippen LogP contribution in [0.5, 0.6) is 5.75 Å². The largest absolute Gasteiger partial charge is 0.492 e. The van der Waals surface area contributed by atoms with Crippen molar-refractivity contribution >= 4 is 27.9 Å². The maximum atomic E-state index is 12.1. The Hall–Kier alpha value is -1.47. The molecule has 1 unspecified atom stereocenters. The van der Waals surface area contributed by atoms with Gasteiger partial charge in [0.1, 0.15) is 15.6 Å². The van der Waals surface area contributed by atoms with Crippen LogP contribution in [0, 0.1) is 0 Å². The molecule has 0 bridgehead atoms. The molecule has 6 nitrogen and oxygen atoms in total. The Bertz CT molecular complexity index is 525. The van der Waals surface area contributed by atoms with Gasteiger partial charge in [-0.05, 0) is 13.3 Å². The van der Waals surface area contributed by atoms with Crippen LogP contribution in [0.3, 0.4) is 0 Å². The Kier molecular flexibility index (Phi) is 3.84. The van der Waals surface area contributed by atoms with Gasteiger partial charge >= 0.3 is 0 Å². The highest BCUT2D eigenvalue weighted by Crippen LogP contribution is 2.46. The number of β-amino-alcohol motifs (C(OH)–C–C–N with tert-alkyl or cyclic N) is 1. The second-order valence-corrected chi connectivity index (χ2v) is 6.55. The molecule has 1 saturated heterocycles. The lowest BCUT2D eigenvalue weighted by atomic mass is 10.1. The number of nitrogen functional groups attached to an aromatic ring is 1. The van der Waals surface area contributed by atoms with E-state index in [0.717, 1.165) is 11.5 Å². The number of rotatable bonds is 3. The fourth-order valence-electron chi connectivity index (χ4n) is 2.30. The normalized spacial score (nSPS) is 22.1. The third-order valence-corrected chi connectivity index (χ3v) is 4.66. The number of methoxy groups -OCH3 is 1. The first-order valence-electron chi connectivity index (χ1n) is 6.42. The van der Waals surface area contributed by atoms with Gasteiger partial charge in [-0.3, -0.25) is 4.79 Å². The molecule has 1 aromatic rings. The lowest BCUT2D eigenvalue weighted by Gasteiger charge is -2.20. The number of aliphatic hydroxyl groups is 1.